The largest absolute Gasteiger partial charge is 0.456 e. The van der Waals surface area contributed by atoms with Gasteiger partial charge in [-0.05, 0) is 53.6 Å². The first-order valence-electron chi connectivity index (χ1n) is 7.25. The number of aromatic nitrogens is 1. The van der Waals surface area contributed by atoms with E-state index in [-0.39, 0.29) is 12.1 Å². The van der Waals surface area contributed by atoms with Crippen molar-refractivity contribution in [3.63, 3.8) is 0 Å². The standard InChI is InChI=1S/C15H24N2O2S/c1-10(19-14(18)15(2,3)4)12-9-20-13(17-12)11-5-7-16-8-6-11/h9-11,16H,5-8H2,1-4H3. The fourth-order valence-corrected chi connectivity index (χ4v) is 3.21. The molecule has 5 heteroatoms. The maximum Gasteiger partial charge on any atom is 0.311 e. The van der Waals surface area contributed by atoms with Gasteiger partial charge in [0.2, 0.25) is 0 Å². The van der Waals surface area contributed by atoms with Crippen LogP contribution >= 0.6 is 11.3 Å². The van der Waals surface area contributed by atoms with Gasteiger partial charge in [0.05, 0.1) is 16.1 Å². The van der Waals surface area contributed by atoms with Gasteiger partial charge in [-0.15, -0.1) is 11.3 Å². The Kier molecular flexibility index (Phi) is 4.81. The number of nitrogens with one attached hydrogen (secondary N) is 1. The molecule has 1 fully saturated rings. The maximum absolute atomic E-state index is 11.9. The fraction of sp³-hybridized carbons (Fsp3) is 0.733. The van der Waals surface area contributed by atoms with Gasteiger partial charge in [-0.2, -0.15) is 0 Å². The molecule has 0 aromatic carbocycles. The Hall–Kier alpha value is -0.940. The van der Waals surface area contributed by atoms with E-state index < -0.39 is 5.41 Å². The number of carbonyl (C=O) groups excluding carboxylic acids is 1. The second kappa shape index (κ2) is 6.22. The number of rotatable bonds is 3. The lowest BCUT2D eigenvalue weighted by Crippen LogP contribution is -2.26. The lowest BCUT2D eigenvalue weighted by Gasteiger charge is -2.21. The lowest BCUT2D eigenvalue weighted by molar-refractivity contribution is -0.158. The second-order valence-electron chi connectivity index (χ2n) is 6.43. The summed E-state index contributed by atoms with van der Waals surface area (Å²) in [6, 6.07) is 0. The summed E-state index contributed by atoms with van der Waals surface area (Å²) in [6.45, 7) is 9.61. The van der Waals surface area contributed by atoms with Gasteiger partial charge in [0.1, 0.15) is 6.10 Å². The lowest BCUT2D eigenvalue weighted by atomic mass is 9.97. The number of carbonyl (C=O) groups is 1. The minimum atomic E-state index is -0.470. The zero-order chi connectivity index (χ0) is 14.8. The van der Waals surface area contributed by atoms with Gasteiger partial charge < -0.3 is 10.1 Å². The zero-order valence-electron chi connectivity index (χ0n) is 12.7. The Morgan fingerprint density at radius 1 is 1.45 bits per heavy atom. The number of hydrogen-bond acceptors (Lipinski definition) is 5. The molecule has 0 bridgehead atoms. The van der Waals surface area contributed by atoms with E-state index >= 15 is 0 Å². The van der Waals surface area contributed by atoms with E-state index in [4.69, 9.17) is 4.74 Å². The van der Waals surface area contributed by atoms with Crippen LogP contribution in [0.25, 0.3) is 0 Å². The quantitative estimate of drug-likeness (QED) is 0.870. The monoisotopic (exact) mass is 296 g/mol. The van der Waals surface area contributed by atoms with Gasteiger partial charge in [0, 0.05) is 11.3 Å². The smallest absolute Gasteiger partial charge is 0.311 e. The molecule has 0 saturated carbocycles. The summed E-state index contributed by atoms with van der Waals surface area (Å²) < 4.78 is 5.49. The van der Waals surface area contributed by atoms with E-state index in [2.05, 4.69) is 10.3 Å². The molecule has 2 heterocycles. The van der Waals surface area contributed by atoms with Crippen molar-refractivity contribution in [1.82, 2.24) is 10.3 Å². The highest BCUT2D eigenvalue weighted by molar-refractivity contribution is 7.09. The minimum absolute atomic E-state index is 0.179. The first-order valence-corrected chi connectivity index (χ1v) is 8.13. The highest BCUT2D eigenvalue weighted by Crippen LogP contribution is 2.31. The van der Waals surface area contributed by atoms with Crippen LogP contribution in [0.2, 0.25) is 0 Å². The molecule has 1 saturated heterocycles. The second-order valence-corrected chi connectivity index (χ2v) is 7.32. The molecule has 1 aliphatic heterocycles. The molecule has 0 spiro atoms. The highest BCUT2D eigenvalue weighted by atomic mass is 32.1. The first kappa shape index (κ1) is 15.4. The Morgan fingerprint density at radius 3 is 2.70 bits per heavy atom. The van der Waals surface area contributed by atoms with Gasteiger partial charge in [-0.25, -0.2) is 4.98 Å². The van der Waals surface area contributed by atoms with Crippen LogP contribution in [0.5, 0.6) is 0 Å². The van der Waals surface area contributed by atoms with E-state index in [1.54, 1.807) is 11.3 Å². The van der Waals surface area contributed by atoms with Gasteiger partial charge in [0.25, 0.3) is 0 Å². The molecule has 0 aliphatic carbocycles. The van der Waals surface area contributed by atoms with Crippen LogP contribution in [0, 0.1) is 5.41 Å². The Labute approximate surface area is 124 Å². The van der Waals surface area contributed by atoms with Gasteiger partial charge in [-0.3, -0.25) is 4.79 Å². The van der Waals surface area contributed by atoms with Crippen molar-refractivity contribution in [3.8, 4) is 0 Å². The van der Waals surface area contributed by atoms with E-state index in [0.717, 1.165) is 31.6 Å². The van der Waals surface area contributed by atoms with Crippen LogP contribution in [0.15, 0.2) is 5.38 Å². The summed E-state index contributed by atoms with van der Waals surface area (Å²) >= 11 is 1.69. The summed E-state index contributed by atoms with van der Waals surface area (Å²) in [5.41, 5.74) is 0.406. The highest BCUT2D eigenvalue weighted by Gasteiger charge is 2.27. The van der Waals surface area contributed by atoms with Crippen molar-refractivity contribution in [2.45, 2.75) is 52.6 Å². The molecule has 1 aromatic heterocycles. The average molecular weight is 296 g/mol. The minimum Gasteiger partial charge on any atom is -0.456 e. The number of hydrogen-bond donors (Lipinski definition) is 1. The molecule has 1 N–H and O–H groups in total. The average Bonchev–Trinajstić information content (AvgIpc) is 2.88. The fourth-order valence-electron chi connectivity index (χ4n) is 2.14. The molecule has 1 aromatic rings. The summed E-state index contributed by atoms with van der Waals surface area (Å²) in [5.74, 6) is 0.377. The van der Waals surface area contributed by atoms with E-state index in [0.29, 0.717) is 5.92 Å². The van der Waals surface area contributed by atoms with E-state index in [1.807, 2.05) is 33.1 Å². The molecule has 1 unspecified atom stereocenters. The van der Waals surface area contributed by atoms with Crippen molar-refractivity contribution < 1.29 is 9.53 Å². The molecule has 112 valence electrons. The topological polar surface area (TPSA) is 51.2 Å². The van der Waals surface area contributed by atoms with Crippen LogP contribution in [0.3, 0.4) is 0 Å². The molecule has 4 nitrogen and oxygen atoms in total. The predicted molar refractivity (Wildman–Crippen MR) is 80.9 cm³/mol. The van der Waals surface area contributed by atoms with Crippen LogP contribution in [0.1, 0.15) is 63.3 Å². The van der Waals surface area contributed by atoms with E-state index in [1.165, 1.54) is 5.01 Å². The van der Waals surface area contributed by atoms with Crippen LogP contribution in [-0.2, 0) is 9.53 Å². The molecule has 0 amide bonds. The van der Waals surface area contributed by atoms with Crippen molar-refractivity contribution in [1.29, 1.82) is 0 Å². The molecule has 1 aliphatic rings. The summed E-state index contributed by atoms with van der Waals surface area (Å²) in [4.78, 5) is 16.6. The van der Waals surface area contributed by atoms with Crippen LogP contribution in [0.4, 0.5) is 0 Å². The van der Waals surface area contributed by atoms with Gasteiger partial charge in [-0.1, -0.05) is 0 Å². The number of piperidine rings is 1. The van der Waals surface area contributed by atoms with Crippen molar-refractivity contribution >= 4 is 17.3 Å². The molecule has 0 radical (unpaired) electrons. The Morgan fingerprint density at radius 2 is 2.10 bits per heavy atom. The number of thiazole rings is 1. The summed E-state index contributed by atoms with van der Waals surface area (Å²) in [6.07, 6.45) is 2.01. The van der Waals surface area contributed by atoms with Crippen molar-refractivity contribution in [2.75, 3.05) is 13.1 Å². The Bertz CT molecular complexity index is 459. The maximum atomic E-state index is 11.9. The third-order valence-electron chi connectivity index (χ3n) is 3.54. The van der Waals surface area contributed by atoms with Gasteiger partial charge >= 0.3 is 5.97 Å². The Balaban J connectivity index is 1.99. The molecular formula is C15H24N2O2S. The normalized spacial score (nSPS) is 18.8. The third-order valence-corrected chi connectivity index (χ3v) is 4.57. The molecular weight excluding hydrogens is 272 g/mol. The first-order chi connectivity index (χ1) is 9.38. The predicted octanol–water partition coefficient (Wildman–Crippen LogP) is 3.26. The van der Waals surface area contributed by atoms with Crippen LogP contribution < -0.4 is 5.32 Å². The number of esters is 1. The molecule has 1 atom stereocenters. The SMILES string of the molecule is CC(OC(=O)C(C)(C)C)c1csc(C2CCNCC2)n1. The zero-order valence-corrected chi connectivity index (χ0v) is 13.5. The van der Waals surface area contributed by atoms with Crippen molar-refractivity contribution in [3.05, 3.63) is 16.1 Å². The van der Waals surface area contributed by atoms with Gasteiger partial charge in [0.15, 0.2) is 0 Å². The van der Waals surface area contributed by atoms with E-state index in [9.17, 15) is 4.79 Å². The number of ether oxygens (including phenoxy) is 1. The summed E-state index contributed by atoms with van der Waals surface area (Å²) in [5, 5.41) is 6.57. The molecule has 2 rings (SSSR count). The molecule has 20 heavy (non-hydrogen) atoms. The number of nitrogens with zero attached hydrogens (tertiary/aromatic N) is 1. The third kappa shape index (κ3) is 3.79. The van der Waals surface area contributed by atoms with Crippen molar-refractivity contribution in [2.24, 2.45) is 5.41 Å². The van der Waals surface area contributed by atoms with Crippen LogP contribution in [-0.4, -0.2) is 24.0 Å². The summed E-state index contributed by atoms with van der Waals surface area (Å²) in [7, 11) is 0.